The summed E-state index contributed by atoms with van der Waals surface area (Å²) >= 11 is 6.37. The molecule has 0 amide bonds. The molecule has 2 aromatic heterocycles. The average Bonchev–Trinajstić information content (AvgIpc) is 2.76. The Labute approximate surface area is 178 Å². The van der Waals surface area contributed by atoms with Gasteiger partial charge in [0.15, 0.2) is 0 Å². The van der Waals surface area contributed by atoms with Crippen molar-refractivity contribution in [3.05, 3.63) is 70.2 Å². The highest BCUT2D eigenvalue weighted by atomic mass is 35.5. The van der Waals surface area contributed by atoms with Gasteiger partial charge in [-0.3, -0.25) is 14.2 Å². The van der Waals surface area contributed by atoms with Gasteiger partial charge in [-0.25, -0.2) is 9.97 Å². The summed E-state index contributed by atoms with van der Waals surface area (Å²) in [5.74, 6) is -0.691. The van der Waals surface area contributed by atoms with E-state index in [1.54, 1.807) is 22.9 Å². The van der Waals surface area contributed by atoms with Crippen molar-refractivity contribution in [1.29, 1.82) is 0 Å². The van der Waals surface area contributed by atoms with Gasteiger partial charge in [-0.1, -0.05) is 36.2 Å². The van der Waals surface area contributed by atoms with E-state index in [9.17, 15) is 14.7 Å². The molecule has 1 aromatic carbocycles. The van der Waals surface area contributed by atoms with E-state index in [0.29, 0.717) is 35.2 Å². The summed E-state index contributed by atoms with van der Waals surface area (Å²) in [6.07, 6.45) is 6.21. The number of halogens is 1. The second kappa shape index (κ2) is 8.67. The third-order valence-corrected chi connectivity index (χ3v) is 5.60. The largest absolute Gasteiger partial charge is 0.481 e. The van der Waals surface area contributed by atoms with Gasteiger partial charge < -0.3 is 10.4 Å². The van der Waals surface area contributed by atoms with Crippen molar-refractivity contribution in [3.8, 4) is 16.9 Å². The van der Waals surface area contributed by atoms with Gasteiger partial charge in [0, 0.05) is 29.6 Å². The first-order valence-corrected chi connectivity index (χ1v) is 10.2. The Morgan fingerprint density at radius 2 is 2.07 bits per heavy atom. The van der Waals surface area contributed by atoms with Crippen LogP contribution in [0.15, 0.2) is 59.7 Å². The number of pyridine rings is 1. The highest BCUT2D eigenvalue weighted by Crippen LogP contribution is 2.30. The van der Waals surface area contributed by atoms with Gasteiger partial charge in [-0.2, -0.15) is 0 Å². The summed E-state index contributed by atoms with van der Waals surface area (Å²) in [7, 11) is 0. The Morgan fingerprint density at radius 1 is 1.20 bits per heavy atom. The fraction of sp³-hybridized carbons (Fsp3) is 0.273. The molecular formula is C22H21ClN4O3. The number of aromatic nitrogens is 3. The molecule has 1 aliphatic carbocycles. The van der Waals surface area contributed by atoms with Crippen LogP contribution in [0.5, 0.6) is 0 Å². The Kier molecular flexibility index (Phi) is 5.81. The van der Waals surface area contributed by atoms with Gasteiger partial charge in [0.1, 0.15) is 0 Å². The lowest BCUT2D eigenvalue weighted by Crippen LogP contribution is -2.31. The molecule has 0 spiro atoms. The zero-order valence-electron chi connectivity index (χ0n) is 16.2. The Bertz CT molecular complexity index is 1130. The van der Waals surface area contributed by atoms with E-state index in [1.807, 2.05) is 24.3 Å². The molecule has 0 saturated heterocycles. The fourth-order valence-electron chi connectivity index (χ4n) is 3.81. The first kappa shape index (κ1) is 20.1. The van der Waals surface area contributed by atoms with Crippen LogP contribution in [0.25, 0.3) is 16.9 Å². The number of hydrogen-bond acceptors (Lipinski definition) is 5. The Morgan fingerprint density at radius 3 is 2.87 bits per heavy atom. The van der Waals surface area contributed by atoms with Crippen LogP contribution in [0.2, 0.25) is 5.02 Å². The van der Waals surface area contributed by atoms with Gasteiger partial charge >= 0.3 is 5.97 Å². The zero-order chi connectivity index (χ0) is 21.1. The van der Waals surface area contributed by atoms with E-state index >= 15 is 0 Å². The predicted molar refractivity (Wildman–Crippen MR) is 115 cm³/mol. The van der Waals surface area contributed by atoms with E-state index in [-0.39, 0.29) is 17.5 Å². The summed E-state index contributed by atoms with van der Waals surface area (Å²) in [5.41, 5.74) is 1.88. The van der Waals surface area contributed by atoms with Crippen LogP contribution in [0, 0.1) is 5.92 Å². The molecule has 1 aliphatic rings. The quantitative estimate of drug-likeness (QED) is 0.642. The summed E-state index contributed by atoms with van der Waals surface area (Å²) in [6, 6.07) is 12.4. The topological polar surface area (TPSA) is 97.1 Å². The standard InChI is InChI=1S/C22H21ClN4O3/c23-18-13-24-22(25-16-7-3-6-15(11-16)21(29)30)26-20(18)14-5-4-8-17(12-14)27-10-2-1-9-19(27)28/h1-2,4-5,8-10,12-13,15-16H,3,6-7,11H2,(H,29,30)(H,24,25,26)/t15-,16+/m0/s1. The van der Waals surface area contributed by atoms with E-state index in [4.69, 9.17) is 11.6 Å². The van der Waals surface area contributed by atoms with Crippen LogP contribution in [0.4, 0.5) is 5.95 Å². The zero-order valence-corrected chi connectivity index (χ0v) is 16.9. The van der Waals surface area contributed by atoms with Gasteiger partial charge in [0.2, 0.25) is 5.95 Å². The number of hydrogen-bond donors (Lipinski definition) is 2. The number of benzene rings is 1. The fourth-order valence-corrected chi connectivity index (χ4v) is 4.01. The Hall–Kier alpha value is -3.19. The van der Waals surface area contributed by atoms with Crippen LogP contribution in [-0.2, 0) is 4.79 Å². The minimum atomic E-state index is -0.757. The molecule has 8 heteroatoms. The van der Waals surface area contributed by atoms with Crippen molar-refractivity contribution in [2.24, 2.45) is 5.92 Å². The third-order valence-electron chi connectivity index (χ3n) is 5.32. The molecule has 154 valence electrons. The van der Waals surface area contributed by atoms with Crippen molar-refractivity contribution in [3.63, 3.8) is 0 Å². The molecule has 30 heavy (non-hydrogen) atoms. The summed E-state index contributed by atoms with van der Waals surface area (Å²) < 4.78 is 1.55. The van der Waals surface area contributed by atoms with E-state index in [1.165, 1.54) is 12.3 Å². The molecule has 0 aliphatic heterocycles. The molecule has 2 heterocycles. The first-order valence-electron chi connectivity index (χ1n) is 9.81. The average molecular weight is 425 g/mol. The minimum Gasteiger partial charge on any atom is -0.481 e. The highest BCUT2D eigenvalue weighted by molar-refractivity contribution is 6.32. The van der Waals surface area contributed by atoms with Crippen LogP contribution in [-0.4, -0.2) is 31.7 Å². The lowest BCUT2D eigenvalue weighted by Gasteiger charge is -2.27. The molecule has 2 N–H and O–H groups in total. The maximum absolute atomic E-state index is 12.1. The normalized spacial score (nSPS) is 18.7. The second-order valence-electron chi connectivity index (χ2n) is 7.39. The maximum Gasteiger partial charge on any atom is 0.306 e. The van der Waals surface area contributed by atoms with E-state index in [2.05, 4.69) is 15.3 Å². The lowest BCUT2D eigenvalue weighted by molar-refractivity contribution is -0.142. The molecule has 7 nitrogen and oxygen atoms in total. The van der Waals surface area contributed by atoms with Crippen LogP contribution in [0.1, 0.15) is 25.7 Å². The molecule has 2 atom stereocenters. The summed E-state index contributed by atoms with van der Waals surface area (Å²) in [6.45, 7) is 0. The molecule has 3 aromatic rings. The number of anilines is 1. The number of carbonyl (C=O) groups is 1. The first-order chi connectivity index (χ1) is 14.5. The SMILES string of the molecule is O=C(O)[C@H]1CCC[C@@H](Nc2ncc(Cl)c(-c3cccc(-n4ccccc4=O)c3)n2)C1. The number of rotatable bonds is 5. The third kappa shape index (κ3) is 4.36. The van der Waals surface area contributed by atoms with Gasteiger partial charge in [0.05, 0.1) is 22.8 Å². The second-order valence-corrected chi connectivity index (χ2v) is 7.80. The summed E-state index contributed by atoms with van der Waals surface area (Å²) in [4.78, 5) is 32.3. The number of nitrogens with zero attached hydrogens (tertiary/aromatic N) is 3. The van der Waals surface area contributed by atoms with Crippen molar-refractivity contribution in [1.82, 2.24) is 14.5 Å². The number of aliphatic carboxylic acids is 1. The molecule has 1 saturated carbocycles. The van der Waals surface area contributed by atoms with Gasteiger partial charge in [-0.15, -0.1) is 0 Å². The number of carboxylic acids is 1. The maximum atomic E-state index is 12.1. The van der Waals surface area contributed by atoms with Crippen molar-refractivity contribution >= 4 is 23.5 Å². The van der Waals surface area contributed by atoms with Gasteiger partial charge in [-0.05, 0) is 37.5 Å². The lowest BCUT2D eigenvalue weighted by atomic mass is 9.86. The van der Waals surface area contributed by atoms with Crippen molar-refractivity contribution < 1.29 is 9.90 Å². The molecular weight excluding hydrogens is 404 g/mol. The number of nitrogens with one attached hydrogen (secondary N) is 1. The molecule has 1 fully saturated rings. The smallest absolute Gasteiger partial charge is 0.306 e. The van der Waals surface area contributed by atoms with Crippen molar-refractivity contribution in [2.75, 3.05) is 5.32 Å². The molecule has 0 radical (unpaired) electrons. The van der Waals surface area contributed by atoms with Crippen LogP contribution in [0.3, 0.4) is 0 Å². The van der Waals surface area contributed by atoms with Crippen LogP contribution >= 0.6 is 11.6 Å². The van der Waals surface area contributed by atoms with Crippen molar-refractivity contribution in [2.45, 2.75) is 31.7 Å². The minimum absolute atomic E-state index is 0.00288. The van der Waals surface area contributed by atoms with Gasteiger partial charge in [0.25, 0.3) is 5.56 Å². The molecule has 0 bridgehead atoms. The van der Waals surface area contributed by atoms with Crippen LogP contribution < -0.4 is 10.9 Å². The summed E-state index contributed by atoms with van der Waals surface area (Å²) in [5, 5.41) is 12.9. The monoisotopic (exact) mass is 424 g/mol. The highest BCUT2D eigenvalue weighted by Gasteiger charge is 2.27. The predicted octanol–water partition coefficient (Wildman–Crippen LogP) is 4.00. The molecule has 4 rings (SSSR count). The molecule has 0 unspecified atom stereocenters. The number of carboxylic acid groups (broad SMARTS) is 1. The Balaban J connectivity index is 1.61. The van der Waals surface area contributed by atoms with E-state index in [0.717, 1.165) is 18.4 Å². The van der Waals surface area contributed by atoms with E-state index < -0.39 is 5.97 Å².